The zero-order chi connectivity index (χ0) is 13.8. The molecule has 0 aromatic heterocycles. The van der Waals surface area contributed by atoms with Crippen LogP contribution in [0, 0.1) is 0 Å². The van der Waals surface area contributed by atoms with Gasteiger partial charge in [-0.25, -0.2) is 0 Å². The topological polar surface area (TPSA) is 32.7 Å². The van der Waals surface area contributed by atoms with E-state index in [4.69, 9.17) is 4.74 Å². The van der Waals surface area contributed by atoms with Crippen LogP contribution in [0.25, 0.3) is 0 Å². The molecule has 19 heavy (non-hydrogen) atoms. The number of rotatable bonds is 4. The zero-order valence-electron chi connectivity index (χ0n) is 11.9. The molecule has 2 atom stereocenters. The maximum atomic E-state index is 10.1. The number of thioether (sulfide) groups is 1. The van der Waals surface area contributed by atoms with Crippen LogP contribution in [0.3, 0.4) is 0 Å². The molecule has 1 heterocycles. The lowest BCUT2D eigenvalue weighted by Crippen LogP contribution is -2.38. The first-order valence-corrected chi connectivity index (χ1v) is 7.93. The molecule has 1 aromatic carbocycles. The second kappa shape index (κ2) is 6.53. The summed E-state index contributed by atoms with van der Waals surface area (Å²) in [5.41, 5.74) is 2.03. The first kappa shape index (κ1) is 14.5. The number of hydrogen-bond acceptors (Lipinski definition) is 4. The normalized spacial score (nSPS) is 21.3. The Morgan fingerprint density at radius 2 is 2.32 bits per heavy atom. The van der Waals surface area contributed by atoms with Gasteiger partial charge in [0.15, 0.2) is 0 Å². The quantitative estimate of drug-likeness (QED) is 0.919. The number of aliphatic hydroxyl groups is 1. The molecule has 1 aliphatic heterocycles. The highest BCUT2D eigenvalue weighted by Crippen LogP contribution is 2.36. The second-order valence-electron chi connectivity index (χ2n) is 4.92. The lowest BCUT2D eigenvalue weighted by molar-refractivity contribution is 0.194. The van der Waals surface area contributed by atoms with E-state index in [1.165, 1.54) is 6.42 Å². The van der Waals surface area contributed by atoms with E-state index in [-0.39, 0.29) is 0 Å². The summed E-state index contributed by atoms with van der Waals surface area (Å²) in [4.78, 5) is 2.38. The summed E-state index contributed by atoms with van der Waals surface area (Å²) in [5.74, 6) is 1.92. The summed E-state index contributed by atoms with van der Waals surface area (Å²) in [6.45, 7) is 6.13. The van der Waals surface area contributed by atoms with Gasteiger partial charge in [0.2, 0.25) is 0 Å². The summed E-state index contributed by atoms with van der Waals surface area (Å²) in [6.07, 6.45) is 0.676. The molecule has 0 aliphatic carbocycles. The van der Waals surface area contributed by atoms with Crippen molar-refractivity contribution in [3.63, 3.8) is 0 Å². The Morgan fingerprint density at radius 1 is 1.53 bits per heavy atom. The van der Waals surface area contributed by atoms with Crippen molar-refractivity contribution < 1.29 is 9.84 Å². The molecule has 0 saturated carbocycles. The van der Waals surface area contributed by atoms with Crippen molar-refractivity contribution in [2.75, 3.05) is 30.9 Å². The van der Waals surface area contributed by atoms with Gasteiger partial charge in [0, 0.05) is 35.3 Å². The highest BCUT2D eigenvalue weighted by molar-refractivity contribution is 8.00. The molecule has 1 aromatic rings. The molecule has 1 aliphatic rings. The van der Waals surface area contributed by atoms with Gasteiger partial charge in [-0.15, -0.1) is 0 Å². The van der Waals surface area contributed by atoms with Gasteiger partial charge in [-0.3, -0.25) is 0 Å². The lowest BCUT2D eigenvalue weighted by Gasteiger charge is -2.35. The van der Waals surface area contributed by atoms with Gasteiger partial charge in [-0.05, 0) is 25.5 Å². The lowest BCUT2D eigenvalue weighted by atomic mass is 10.1. The molecule has 0 amide bonds. The van der Waals surface area contributed by atoms with E-state index in [9.17, 15) is 5.11 Å². The van der Waals surface area contributed by atoms with Gasteiger partial charge in [0.1, 0.15) is 5.75 Å². The van der Waals surface area contributed by atoms with Gasteiger partial charge in [-0.1, -0.05) is 13.0 Å². The molecule has 1 saturated heterocycles. The van der Waals surface area contributed by atoms with Gasteiger partial charge in [0.25, 0.3) is 0 Å². The molecule has 1 N–H and O–H groups in total. The van der Waals surface area contributed by atoms with Crippen LogP contribution in [0.15, 0.2) is 18.2 Å². The van der Waals surface area contributed by atoms with Gasteiger partial charge < -0.3 is 14.7 Å². The highest BCUT2D eigenvalue weighted by atomic mass is 32.2. The smallest absolute Gasteiger partial charge is 0.126 e. The minimum atomic E-state index is -0.513. The minimum absolute atomic E-state index is 0.513. The van der Waals surface area contributed by atoms with Crippen molar-refractivity contribution in [2.45, 2.75) is 31.6 Å². The molecule has 1 fully saturated rings. The minimum Gasteiger partial charge on any atom is -0.496 e. The number of benzene rings is 1. The monoisotopic (exact) mass is 281 g/mol. The number of ether oxygens (including phenoxy) is 1. The molecule has 0 spiro atoms. The van der Waals surface area contributed by atoms with Crippen LogP contribution in [-0.2, 0) is 0 Å². The predicted molar refractivity (Wildman–Crippen MR) is 82.4 cm³/mol. The van der Waals surface area contributed by atoms with Gasteiger partial charge >= 0.3 is 0 Å². The summed E-state index contributed by atoms with van der Waals surface area (Å²) in [7, 11) is 1.66. The Labute approximate surface area is 120 Å². The molecule has 4 heteroatoms. The first-order chi connectivity index (χ1) is 9.17. The van der Waals surface area contributed by atoms with Crippen LogP contribution in [0.2, 0.25) is 0 Å². The summed E-state index contributed by atoms with van der Waals surface area (Å²) < 4.78 is 5.40. The van der Waals surface area contributed by atoms with E-state index >= 15 is 0 Å². The molecule has 3 nitrogen and oxygen atoms in total. The van der Waals surface area contributed by atoms with Crippen molar-refractivity contribution >= 4 is 17.4 Å². The average molecular weight is 281 g/mol. The Morgan fingerprint density at radius 3 is 2.95 bits per heavy atom. The van der Waals surface area contributed by atoms with Crippen molar-refractivity contribution in [3.8, 4) is 5.75 Å². The Kier molecular flexibility index (Phi) is 4.99. The van der Waals surface area contributed by atoms with E-state index in [2.05, 4.69) is 29.7 Å². The molecule has 106 valence electrons. The van der Waals surface area contributed by atoms with E-state index in [1.807, 2.05) is 12.1 Å². The second-order valence-corrected chi connectivity index (χ2v) is 6.32. The third kappa shape index (κ3) is 3.18. The van der Waals surface area contributed by atoms with E-state index in [0.717, 1.165) is 35.8 Å². The molecule has 0 radical (unpaired) electrons. The summed E-state index contributed by atoms with van der Waals surface area (Å²) >= 11 is 2.05. The standard InChI is InChI=1S/C15H23NO2S/c1-4-12-10-16(8-9-19-12)13-6-5-7-14(18-3)15(13)11(2)17/h5-7,11-12,17H,4,8-10H2,1-3H3/t11-,12?/m1/s1. The molecule has 0 bridgehead atoms. The van der Waals surface area contributed by atoms with Crippen LogP contribution in [-0.4, -0.2) is 36.3 Å². The summed E-state index contributed by atoms with van der Waals surface area (Å²) in [5, 5.41) is 10.7. The van der Waals surface area contributed by atoms with E-state index in [0.29, 0.717) is 5.25 Å². The van der Waals surface area contributed by atoms with Crippen LogP contribution >= 0.6 is 11.8 Å². The van der Waals surface area contributed by atoms with Gasteiger partial charge in [0.05, 0.1) is 13.2 Å². The fourth-order valence-corrected chi connectivity index (χ4v) is 3.77. The Balaban J connectivity index is 2.33. The number of methoxy groups -OCH3 is 1. The van der Waals surface area contributed by atoms with Crippen LogP contribution in [0.1, 0.15) is 31.9 Å². The van der Waals surface area contributed by atoms with Crippen LogP contribution in [0.5, 0.6) is 5.75 Å². The molecule has 1 unspecified atom stereocenters. The Hall–Kier alpha value is -0.870. The van der Waals surface area contributed by atoms with E-state index in [1.54, 1.807) is 14.0 Å². The first-order valence-electron chi connectivity index (χ1n) is 6.88. The predicted octanol–water partition coefficient (Wildman–Crippen LogP) is 3.08. The average Bonchev–Trinajstić information content (AvgIpc) is 2.46. The summed E-state index contributed by atoms with van der Waals surface area (Å²) in [6, 6.07) is 6.01. The fourth-order valence-electron chi connectivity index (χ4n) is 2.59. The van der Waals surface area contributed by atoms with Crippen molar-refractivity contribution in [1.29, 1.82) is 0 Å². The van der Waals surface area contributed by atoms with Crippen molar-refractivity contribution in [2.24, 2.45) is 0 Å². The van der Waals surface area contributed by atoms with Crippen LogP contribution in [0.4, 0.5) is 5.69 Å². The zero-order valence-corrected chi connectivity index (χ0v) is 12.7. The number of aliphatic hydroxyl groups excluding tert-OH is 1. The van der Waals surface area contributed by atoms with Crippen molar-refractivity contribution in [1.82, 2.24) is 0 Å². The maximum absolute atomic E-state index is 10.1. The largest absolute Gasteiger partial charge is 0.496 e. The highest BCUT2D eigenvalue weighted by Gasteiger charge is 2.23. The molecular formula is C15H23NO2S. The number of hydrogen-bond donors (Lipinski definition) is 1. The Bertz CT molecular complexity index is 423. The molecular weight excluding hydrogens is 258 g/mol. The third-order valence-electron chi connectivity index (χ3n) is 3.62. The third-order valence-corrected chi connectivity index (χ3v) is 4.99. The molecule has 2 rings (SSSR count). The SMILES string of the molecule is CCC1CN(c2cccc(OC)c2[C@@H](C)O)CCS1. The van der Waals surface area contributed by atoms with Crippen LogP contribution < -0.4 is 9.64 Å². The van der Waals surface area contributed by atoms with Gasteiger partial charge in [-0.2, -0.15) is 11.8 Å². The maximum Gasteiger partial charge on any atom is 0.126 e. The number of anilines is 1. The number of nitrogens with zero attached hydrogens (tertiary/aromatic N) is 1. The van der Waals surface area contributed by atoms with Crippen molar-refractivity contribution in [3.05, 3.63) is 23.8 Å². The van der Waals surface area contributed by atoms with E-state index < -0.39 is 6.10 Å². The fraction of sp³-hybridized carbons (Fsp3) is 0.600.